The van der Waals surface area contributed by atoms with Crippen LogP contribution in [0.1, 0.15) is 28.7 Å². The number of ether oxygens (including phenoxy) is 3. The molecule has 1 aromatic carbocycles. The number of pyridine rings is 1. The first kappa shape index (κ1) is 16.3. The van der Waals surface area contributed by atoms with Gasteiger partial charge >= 0.3 is 0 Å². The summed E-state index contributed by atoms with van der Waals surface area (Å²) in [5.41, 5.74) is 2.73. The van der Waals surface area contributed by atoms with E-state index in [9.17, 15) is 4.79 Å². The van der Waals surface area contributed by atoms with E-state index in [1.165, 1.54) is 0 Å². The fraction of sp³-hybridized carbons (Fsp3) is 0.263. The fourth-order valence-corrected chi connectivity index (χ4v) is 3.01. The van der Waals surface area contributed by atoms with Crippen LogP contribution in [0.4, 0.5) is 0 Å². The molecular weight excluding hydrogens is 334 g/mol. The smallest absolute Gasteiger partial charge is 0.270 e. The lowest BCUT2D eigenvalue weighted by Gasteiger charge is -2.08. The van der Waals surface area contributed by atoms with Crippen LogP contribution in [0.2, 0.25) is 0 Å². The molecule has 26 heavy (non-hydrogen) atoms. The van der Waals surface area contributed by atoms with Crippen LogP contribution in [0.3, 0.4) is 0 Å². The summed E-state index contributed by atoms with van der Waals surface area (Å²) in [5, 5.41) is 2.94. The zero-order valence-corrected chi connectivity index (χ0v) is 14.6. The number of amides is 1. The number of aromatic nitrogens is 2. The third-order valence-corrected chi connectivity index (χ3v) is 4.19. The molecule has 7 nitrogen and oxygen atoms in total. The third kappa shape index (κ3) is 2.81. The molecular formula is C19H19N3O4. The molecule has 1 N–H and O–H groups in total. The molecule has 0 saturated carbocycles. The summed E-state index contributed by atoms with van der Waals surface area (Å²) in [6.45, 7) is 4.88. The summed E-state index contributed by atoms with van der Waals surface area (Å²) in [4.78, 5) is 17.2. The number of hydrogen-bond acceptors (Lipinski definition) is 5. The van der Waals surface area contributed by atoms with Crippen molar-refractivity contribution in [3.8, 4) is 17.2 Å². The number of fused-ring (bicyclic) bond motifs is 2. The van der Waals surface area contributed by atoms with Gasteiger partial charge in [-0.15, -0.1) is 0 Å². The Morgan fingerprint density at radius 2 is 2.15 bits per heavy atom. The lowest BCUT2D eigenvalue weighted by Crippen LogP contribution is -2.25. The predicted molar refractivity (Wildman–Crippen MR) is 94.8 cm³/mol. The van der Waals surface area contributed by atoms with E-state index in [2.05, 4.69) is 10.3 Å². The molecule has 1 amide bonds. The van der Waals surface area contributed by atoms with Gasteiger partial charge in [0.25, 0.3) is 5.91 Å². The summed E-state index contributed by atoms with van der Waals surface area (Å²) >= 11 is 0. The number of benzene rings is 1. The number of nitrogens with one attached hydrogen (secondary N) is 1. The van der Waals surface area contributed by atoms with Gasteiger partial charge in [-0.3, -0.25) is 9.20 Å². The number of carbonyl (C=O) groups is 1. The van der Waals surface area contributed by atoms with Crippen molar-refractivity contribution in [1.29, 1.82) is 0 Å². The number of carbonyl (C=O) groups excluding carboxylic acids is 1. The normalized spacial score (nSPS) is 12.4. The minimum Gasteiger partial charge on any atom is -0.490 e. The topological polar surface area (TPSA) is 74.1 Å². The third-order valence-electron chi connectivity index (χ3n) is 4.19. The maximum Gasteiger partial charge on any atom is 0.270 e. The monoisotopic (exact) mass is 353 g/mol. The molecule has 3 heterocycles. The van der Waals surface area contributed by atoms with E-state index in [1.54, 1.807) is 4.40 Å². The van der Waals surface area contributed by atoms with Gasteiger partial charge in [0, 0.05) is 12.7 Å². The maximum atomic E-state index is 12.7. The van der Waals surface area contributed by atoms with Gasteiger partial charge < -0.3 is 19.5 Å². The van der Waals surface area contributed by atoms with Gasteiger partial charge in [-0.25, -0.2) is 4.98 Å². The van der Waals surface area contributed by atoms with Gasteiger partial charge in [-0.1, -0.05) is 6.07 Å². The summed E-state index contributed by atoms with van der Waals surface area (Å²) in [7, 11) is 0. The van der Waals surface area contributed by atoms with Crippen LogP contribution in [0.5, 0.6) is 17.2 Å². The van der Waals surface area contributed by atoms with Crippen molar-refractivity contribution in [1.82, 2.24) is 14.7 Å². The van der Waals surface area contributed by atoms with Crippen LogP contribution >= 0.6 is 0 Å². The molecule has 0 atom stereocenters. The average Bonchev–Trinajstić information content (AvgIpc) is 3.23. The lowest BCUT2D eigenvalue weighted by molar-refractivity contribution is 0.0944. The highest BCUT2D eigenvalue weighted by Gasteiger charge is 2.19. The number of imidazole rings is 1. The van der Waals surface area contributed by atoms with Crippen molar-refractivity contribution in [2.75, 3.05) is 13.4 Å². The second-order valence-electron chi connectivity index (χ2n) is 5.92. The van der Waals surface area contributed by atoms with Crippen molar-refractivity contribution in [3.05, 3.63) is 53.5 Å². The first-order valence-corrected chi connectivity index (χ1v) is 8.44. The molecule has 0 spiro atoms. The Morgan fingerprint density at radius 1 is 1.31 bits per heavy atom. The molecule has 3 aromatic rings. The molecule has 1 aliphatic heterocycles. The zero-order valence-electron chi connectivity index (χ0n) is 14.6. The number of aryl methyl sites for hydroxylation is 1. The Hall–Kier alpha value is -3.22. The van der Waals surface area contributed by atoms with Crippen molar-refractivity contribution < 1.29 is 19.0 Å². The molecule has 0 saturated heterocycles. The first-order chi connectivity index (χ1) is 12.7. The molecule has 0 radical (unpaired) electrons. The number of rotatable bonds is 5. The number of nitrogens with zero attached hydrogens (tertiary/aromatic N) is 2. The first-order valence-electron chi connectivity index (χ1n) is 8.44. The Balaban J connectivity index is 1.56. The second-order valence-corrected chi connectivity index (χ2v) is 5.92. The van der Waals surface area contributed by atoms with Crippen LogP contribution in [-0.4, -0.2) is 28.7 Å². The Bertz CT molecular complexity index is 980. The Morgan fingerprint density at radius 3 is 3.00 bits per heavy atom. The second kappa shape index (κ2) is 6.59. The molecule has 1 aliphatic rings. The quantitative estimate of drug-likeness (QED) is 0.763. The standard InChI is InChI=1S/C19H19N3O4/c1-3-24-15-5-4-8-22-17(12(2)21-18(15)22)19(23)20-10-13-6-7-14-16(9-13)26-11-25-14/h4-9H,3,10-11H2,1-2H3,(H,20,23). The van der Waals surface area contributed by atoms with Crippen molar-refractivity contribution in [2.45, 2.75) is 20.4 Å². The van der Waals surface area contributed by atoms with E-state index >= 15 is 0 Å². The Kier molecular flexibility index (Phi) is 4.12. The highest BCUT2D eigenvalue weighted by molar-refractivity contribution is 5.95. The van der Waals surface area contributed by atoms with Gasteiger partial charge in [-0.05, 0) is 43.7 Å². The summed E-state index contributed by atoms with van der Waals surface area (Å²) in [5.74, 6) is 1.89. The number of hydrogen-bond donors (Lipinski definition) is 1. The molecule has 0 fully saturated rings. The highest BCUT2D eigenvalue weighted by atomic mass is 16.7. The van der Waals surface area contributed by atoms with Gasteiger partial charge in [0.1, 0.15) is 5.69 Å². The minimum atomic E-state index is -0.193. The molecule has 7 heteroatoms. The van der Waals surface area contributed by atoms with Gasteiger partial charge in [0.05, 0.1) is 12.3 Å². The van der Waals surface area contributed by atoms with Crippen molar-refractivity contribution in [2.24, 2.45) is 0 Å². The van der Waals surface area contributed by atoms with Crippen LogP contribution in [-0.2, 0) is 6.54 Å². The molecule has 0 unspecified atom stereocenters. The van der Waals surface area contributed by atoms with E-state index in [4.69, 9.17) is 14.2 Å². The van der Waals surface area contributed by atoms with Crippen LogP contribution < -0.4 is 19.5 Å². The zero-order chi connectivity index (χ0) is 18.1. The van der Waals surface area contributed by atoms with Crippen molar-refractivity contribution in [3.63, 3.8) is 0 Å². The highest BCUT2D eigenvalue weighted by Crippen LogP contribution is 2.32. The van der Waals surface area contributed by atoms with E-state index in [0.717, 1.165) is 11.3 Å². The van der Waals surface area contributed by atoms with Crippen LogP contribution in [0.25, 0.3) is 5.65 Å². The van der Waals surface area contributed by atoms with E-state index in [0.29, 0.717) is 41.7 Å². The van der Waals surface area contributed by atoms with E-state index < -0.39 is 0 Å². The minimum absolute atomic E-state index is 0.193. The average molecular weight is 353 g/mol. The maximum absolute atomic E-state index is 12.7. The Labute approximate surface area is 150 Å². The predicted octanol–water partition coefficient (Wildman–Crippen LogP) is 2.70. The van der Waals surface area contributed by atoms with Gasteiger partial charge in [0.2, 0.25) is 6.79 Å². The van der Waals surface area contributed by atoms with Crippen LogP contribution in [0, 0.1) is 6.92 Å². The summed E-state index contributed by atoms with van der Waals surface area (Å²) < 4.78 is 18.0. The summed E-state index contributed by atoms with van der Waals surface area (Å²) in [6, 6.07) is 9.31. The molecule has 4 rings (SSSR count). The molecule has 0 aliphatic carbocycles. The van der Waals surface area contributed by atoms with E-state index in [1.807, 2.05) is 50.4 Å². The van der Waals surface area contributed by atoms with Crippen molar-refractivity contribution >= 4 is 11.6 Å². The van der Waals surface area contributed by atoms with Crippen LogP contribution in [0.15, 0.2) is 36.5 Å². The molecule has 134 valence electrons. The van der Waals surface area contributed by atoms with E-state index in [-0.39, 0.29) is 12.7 Å². The molecule has 0 bridgehead atoms. The molecule has 2 aromatic heterocycles. The van der Waals surface area contributed by atoms with Gasteiger partial charge in [0.15, 0.2) is 22.9 Å². The lowest BCUT2D eigenvalue weighted by atomic mass is 10.2. The largest absolute Gasteiger partial charge is 0.490 e. The summed E-state index contributed by atoms with van der Waals surface area (Å²) in [6.07, 6.45) is 1.81. The van der Waals surface area contributed by atoms with Gasteiger partial charge in [-0.2, -0.15) is 0 Å². The fourth-order valence-electron chi connectivity index (χ4n) is 3.01. The SMILES string of the molecule is CCOc1cccn2c(C(=O)NCc3ccc4c(c3)OCO4)c(C)nc12.